The summed E-state index contributed by atoms with van der Waals surface area (Å²) in [5.41, 5.74) is 3.72. The smallest absolute Gasteiger partial charge is 0.123 e. The first-order valence-corrected chi connectivity index (χ1v) is 40.5. The molecule has 6 nitrogen and oxygen atoms in total. The van der Waals surface area contributed by atoms with Gasteiger partial charge in [-0.15, -0.1) is 0 Å². The summed E-state index contributed by atoms with van der Waals surface area (Å²) in [6.45, 7) is 0. The minimum Gasteiger partial charge on any atom is -0.381 e. The number of allylic oxidation sites excluding steroid dienone is 3. The normalized spacial score (nSPS) is 41.8. The van der Waals surface area contributed by atoms with Gasteiger partial charge in [0.05, 0.1) is 18.3 Å². The van der Waals surface area contributed by atoms with E-state index in [1.165, 1.54) is 308 Å². The zero-order chi connectivity index (χ0) is 59.8. The number of hydrogen-bond donors (Lipinski definition) is 0. The number of hydrogen-bond acceptors (Lipinski definition) is 6. The molecule has 0 radical (unpaired) electrons. The lowest BCUT2D eigenvalue weighted by molar-refractivity contribution is -0.118. The van der Waals surface area contributed by atoms with E-state index < -0.39 is 0 Å². The van der Waals surface area contributed by atoms with Crippen LogP contribution in [0.4, 0.5) is 0 Å². The minimum atomic E-state index is 0.152. The predicted molar refractivity (Wildman–Crippen MR) is 364 cm³/mol. The lowest BCUT2D eigenvalue weighted by atomic mass is 9.52. The van der Waals surface area contributed by atoms with Gasteiger partial charge in [0.1, 0.15) is 6.29 Å². The Balaban J connectivity index is 0.624. The first-order chi connectivity index (χ1) is 43.4. The average Bonchev–Trinajstić information content (AvgIpc) is 1.21. The fourth-order valence-corrected chi connectivity index (χ4v) is 25.7. The van der Waals surface area contributed by atoms with Crippen molar-refractivity contribution >= 4 is 6.29 Å². The van der Waals surface area contributed by atoms with E-state index in [4.69, 9.17) is 14.2 Å². The van der Waals surface area contributed by atoms with Gasteiger partial charge in [0, 0.05) is 69.4 Å². The van der Waals surface area contributed by atoms with Crippen LogP contribution in [0.2, 0.25) is 0 Å². The lowest BCUT2D eigenvalue weighted by Crippen LogP contribution is -2.52. The molecule has 498 valence electrons. The SMILES string of the molecule is COC1CC(C2CCC3C(CCC4CC(C5CC(C=O)C(C=C(C6CCCCC6)C6CCC(N(C7CCCCC7)C7CCCCC7)CC6)CC5OC)CCC43)C2)C(OC)CC1C=C(C1CCCCC1)C1CCC(N(C2CCCCC2)C2CCCCC2)CC1. The maximum atomic E-state index is 13.5. The molecule has 6 heteroatoms. The highest BCUT2D eigenvalue weighted by molar-refractivity contribution is 5.55. The van der Waals surface area contributed by atoms with Crippen LogP contribution < -0.4 is 0 Å². The van der Waals surface area contributed by atoms with Crippen LogP contribution in [0.25, 0.3) is 0 Å². The number of fused-ring (bicyclic) bond motifs is 3. The van der Waals surface area contributed by atoms with Crippen LogP contribution in [0.5, 0.6) is 0 Å². The molecular formula is C82H136N2O4. The lowest BCUT2D eigenvalue weighted by Gasteiger charge is -2.54. The Kier molecular flexibility index (Phi) is 23.9. The second-order valence-electron chi connectivity index (χ2n) is 34.4. The van der Waals surface area contributed by atoms with Gasteiger partial charge in [-0.25, -0.2) is 0 Å². The highest BCUT2D eigenvalue weighted by atomic mass is 16.5. The first kappa shape index (κ1) is 65.6. The molecule has 0 saturated heterocycles. The van der Waals surface area contributed by atoms with E-state index in [1.807, 2.05) is 18.3 Å². The molecule has 13 rings (SSSR count). The number of rotatable bonds is 18. The molecule has 13 aliphatic carbocycles. The fraction of sp³-hybridized carbons (Fsp3) is 0.939. The van der Waals surface area contributed by atoms with Crippen LogP contribution in [0.3, 0.4) is 0 Å². The molecule has 14 atom stereocenters. The van der Waals surface area contributed by atoms with Gasteiger partial charge in [-0.3, -0.25) is 9.80 Å². The third-order valence-corrected chi connectivity index (χ3v) is 30.1. The molecule has 0 N–H and O–H groups in total. The first-order valence-electron chi connectivity index (χ1n) is 40.5. The van der Waals surface area contributed by atoms with Crippen LogP contribution in [0.15, 0.2) is 23.3 Å². The molecule has 0 spiro atoms. The van der Waals surface area contributed by atoms with E-state index in [0.717, 1.165) is 109 Å². The van der Waals surface area contributed by atoms with Gasteiger partial charge in [0.15, 0.2) is 0 Å². The van der Waals surface area contributed by atoms with Gasteiger partial charge in [-0.2, -0.15) is 0 Å². The number of carbonyl (C=O) groups is 1. The second kappa shape index (κ2) is 32.1. The van der Waals surface area contributed by atoms with Gasteiger partial charge in [-0.05, 0) is 282 Å². The molecule has 0 bridgehead atoms. The topological polar surface area (TPSA) is 51.2 Å². The van der Waals surface area contributed by atoms with Crippen molar-refractivity contribution in [3.8, 4) is 0 Å². The van der Waals surface area contributed by atoms with Crippen LogP contribution in [-0.2, 0) is 19.0 Å². The summed E-state index contributed by atoms with van der Waals surface area (Å²) in [5.74, 6) is 10.2. The molecule has 0 heterocycles. The molecule has 88 heavy (non-hydrogen) atoms. The Morgan fingerprint density at radius 3 is 0.955 bits per heavy atom. The van der Waals surface area contributed by atoms with E-state index in [1.54, 1.807) is 0 Å². The maximum absolute atomic E-state index is 13.5. The van der Waals surface area contributed by atoms with E-state index in [9.17, 15) is 4.79 Å². The molecule has 13 fully saturated rings. The van der Waals surface area contributed by atoms with Crippen LogP contribution in [0.1, 0.15) is 321 Å². The summed E-state index contributed by atoms with van der Waals surface area (Å²) in [6.07, 6.45) is 78.6. The number of ether oxygens (including phenoxy) is 3. The third kappa shape index (κ3) is 15.3. The molecule has 0 amide bonds. The summed E-state index contributed by atoms with van der Waals surface area (Å²) in [5, 5.41) is 0. The standard InChI is InChI=1S/C82H136N2O4/c1-86-80-55-79(82(88-3)54-66(80)51-77(58-24-12-5-13-25-58)60-38-44-73(45-39-60)84(70-30-18-8-19-31-70)71-32-20-9-21-33-71)64-41-47-75-62(49-64)35-34-61-48-63(40-46-74(61)75)78-52-67(56-85)65(53-81(78)87-2)50-76(57-22-10-4-11-23-57)59-36-42-72(43-37-59)83(68-26-14-6-15-27-68)69-28-16-7-17-29-69/h50-51,56-75,78-82H,4-49,52-55H2,1-3H3. The Bertz CT molecular complexity index is 2100. The predicted octanol–water partition coefficient (Wildman–Crippen LogP) is 20.8. The molecule has 13 aliphatic rings. The summed E-state index contributed by atoms with van der Waals surface area (Å²) >= 11 is 0. The van der Waals surface area contributed by atoms with Crippen molar-refractivity contribution in [2.75, 3.05) is 21.3 Å². The number of methoxy groups -OCH3 is 3. The maximum Gasteiger partial charge on any atom is 0.123 e. The van der Waals surface area contributed by atoms with Crippen molar-refractivity contribution in [3.05, 3.63) is 23.3 Å². The molecule has 0 aromatic heterocycles. The van der Waals surface area contributed by atoms with Crippen molar-refractivity contribution in [1.82, 2.24) is 9.80 Å². The Labute approximate surface area is 541 Å². The molecule has 13 saturated carbocycles. The summed E-state index contributed by atoms with van der Waals surface area (Å²) in [4.78, 5) is 19.9. The van der Waals surface area contributed by atoms with Crippen LogP contribution in [0, 0.1) is 88.8 Å². The zero-order valence-electron chi connectivity index (χ0n) is 57.5. The van der Waals surface area contributed by atoms with Crippen molar-refractivity contribution in [3.63, 3.8) is 0 Å². The van der Waals surface area contributed by atoms with Gasteiger partial charge in [0.25, 0.3) is 0 Å². The second-order valence-corrected chi connectivity index (χ2v) is 34.4. The zero-order valence-corrected chi connectivity index (χ0v) is 57.5. The van der Waals surface area contributed by atoms with Crippen molar-refractivity contribution in [1.29, 1.82) is 0 Å². The van der Waals surface area contributed by atoms with Gasteiger partial charge in [0.2, 0.25) is 0 Å². The molecular weight excluding hydrogens is 1080 g/mol. The van der Waals surface area contributed by atoms with Crippen molar-refractivity contribution in [2.24, 2.45) is 88.8 Å². The Hall–Kier alpha value is -1.05. The Morgan fingerprint density at radius 2 is 0.580 bits per heavy atom. The Morgan fingerprint density at radius 1 is 0.273 bits per heavy atom. The van der Waals surface area contributed by atoms with E-state index >= 15 is 0 Å². The molecule has 0 aromatic rings. The quantitative estimate of drug-likeness (QED) is 0.101. The number of carbonyl (C=O) groups excluding carboxylic acids is 1. The van der Waals surface area contributed by atoms with E-state index in [2.05, 4.69) is 36.2 Å². The summed E-state index contributed by atoms with van der Waals surface area (Å²) in [6, 6.07) is 5.05. The molecule has 0 aromatic carbocycles. The monoisotopic (exact) mass is 1210 g/mol. The fourth-order valence-electron chi connectivity index (χ4n) is 25.7. The van der Waals surface area contributed by atoms with Crippen molar-refractivity contribution in [2.45, 2.75) is 376 Å². The minimum absolute atomic E-state index is 0.152. The molecule has 0 aliphatic heterocycles. The van der Waals surface area contributed by atoms with Gasteiger partial charge >= 0.3 is 0 Å². The van der Waals surface area contributed by atoms with Gasteiger partial charge in [-0.1, -0.05) is 139 Å². The number of nitrogens with zero attached hydrogens (tertiary/aromatic N) is 2. The summed E-state index contributed by atoms with van der Waals surface area (Å²) < 4.78 is 20.1. The van der Waals surface area contributed by atoms with Gasteiger partial charge < -0.3 is 19.0 Å². The third-order valence-electron chi connectivity index (χ3n) is 30.1. The van der Waals surface area contributed by atoms with Crippen LogP contribution >= 0.6 is 0 Å². The van der Waals surface area contributed by atoms with E-state index in [0.29, 0.717) is 41.8 Å². The van der Waals surface area contributed by atoms with Crippen LogP contribution in [-0.4, -0.2) is 92.0 Å². The largest absolute Gasteiger partial charge is 0.381 e. The average molecular weight is 1210 g/mol. The van der Waals surface area contributed by atoms with Crippen molar-refractivity contribution < 1.29 is 19.0 Å². The molecule has 14 unspecified atom stereocenters. The highest BCUT2D eigenvalue weighted by Gasteiger charge is 2.51. The number of aldehydes is 1. The van der Waals surface area contributed by atoms with E-state index in [-0.39, 0.29) is 12.0 Å². The summed E-state index contributed by atoms with van der Waals surface area (Å²) in [7, 11) is 6.18. The highest BCUT2D eigenvalue weighted by Crippen LogP contribution is 2.58.